The Morgan fingerprint density at radius 2 is 1.92 bits per heavy atom. The van der Waals surface area contributed by atoms with Gasteiger partial charge in [0.2, 0.25) is 5.91 Å². The van der Waals surface area contributed by atoms with Gasteiger partial charge in [0.15, 0.2) is 0 Å². The van der Waals surface area contributed by atoms with Crippen molar-refractivity contribution in [1.82, 2.24) is 10.6 Å². The average Bonchev–Trinajstić information content (AvgIpc) is 3.28. The van der Waals surface area contributed by atoms with Gasteiger partial charge in [0, 0.05) is 38.3 Å². The number of hydrazone groups is 1. The van der Waals surface area contributed by atoms with E-state index in [1.54, 1.807) is 7.05 Å². The Morgan fingerprint density at radius 1 is 1.27 bits per heavy atom. The number of aldehydes is 2. The summed E-state index contributed by atoms with van der Waals surface area (Å²) in [6, 6.07) is 5.48. The van der Waals surface area contributed by atoms with Crippen LogP contribution in [0.4, 0.5) is 5.69 Å². The van der Waals surface area contributed by atoms with E-state index in [2.05, 4.69) is 15.7 Å². The highest BCUT2D eigenvalue weighted by Gasteiger charge is 2.28. The highest BCUT2D eigenvalue weighted by atomic mass is 16.2. The zero-order valence-electron chi connectivity index (χ0n) is 24.1. The number of likely N-dealkylation sites (N-methyl/N-ethyl adjacent to an activating group) is 1. The van der Waals surface area contributed by atoms with Gasteiger partial charge >= 0.3 is 0 Å². The summed E-state index contributed by atoms with van der Waals surface area (Å²) in [6.07, 6.45) is 6.29. The second kappa shape index (κ2) is 22.2. The summed E-state index contributed by atoms with van der Waals surface area (Å²) >= 11 is 0. The molecule has 1 aromatic carbocycles. The minimum absolute atomic E-state index is 0.0668. The van der Waals surface area contributed by atoms with E-state index < -0.39 is 6.04 Å². The van der Waals surface area contributed by atoms with Gasteiger partial charge in [-0.3, -0.25) is 4.79 Å². The standard InChI is InChI=1S/C20H28N2O3.C4H10N4.2C2H6/c1-4-14(2)10-19(25)21-17(12-23)9-8-15-6-5-7-16-11-18(13-24)22(3)20(15)16;1-7-3-4(2-5)8-6;2*1-2/h5-7,12-14,17-18H,4,8-11H2,1-3H3,(H,21,25);2,5,7H,3,6H2,1H3;2*1-2H3/b;5-2?,8-4+;;. The SMILES string of the molecule is CC.CC.CCC(C)CC(=O)NC(C=O)CCc1cccc2c1N(C)C(C=O)C2.CNC/C(C=N)=N/N. The maximum Gasteiger partial charge on any atom is 0.220 e. The predicted molar refractivity (Wildman–Crippen MR) is 156 cm³/mol. The summed E-state index contributed by atoms with van der Waals surface area (Å²) in [5, 5.41) is 15.6. The first-order valence-corrected chi connectivity index (χ1v) is 13.3. The van der Waals surface area contributed by atoms with Crippen LogP contribution in [0.3, 0.4) is 0 Å². The maximum atomic E-state index is 12.0. The van der Waals surface area contributed by atoms with Crippen molar-refractivity contribution in [2.24, 2.45) is 16.9 Å². The Kier molecular flexibility index (Phi) is 21.6. The fourth-order valence-electron chi connectivity index (χ4n) is 3.66. The largest absolute Gasteiger partial charge is 0.364 e. The number of nitrogens with one attached hydrogen (secondary N) is 3. The monoisotopic (exact) mass is 518 g/mol. The van der Waals surface area contributed by atoms with Crippen LogP contribution in [0.25, 0.3) is 0 Å². The van der Waals surface area contributed by atoms with Gasteiger partial charge in [0.05, 0.1) is 17.8 Å². The van der Waals surface area contributed by atoms with Crippen molar-refractivity contribution in [3.05, 3.63) is 29.3 Å². The Labute approximate surface area is 224 Å². The van der Waals surface area contributed by atoms with Crippen LogP contribution in [0, 0.1) is 11.3 Å². The van der Waals surface area contributed by atoms with Crippen molar-refractivity contribution in [1.29, 1.82) is 5.41 Å². The van der Waals surface area contributed by atoms with Crippen molar-refractivity contribution < 1.29 is 14.4 Å². The third-order valence-corrected chi connectivity index (χ3v) is 5.80. The van der Waals surface area contributed by atoms with Crippen molar-refractivity contribution in [2.45, 2.75) is 85.7 Å². The molecule has 0 fully saturated rings. The Balaban J connectivity index is 0. The Hall–Kier alpha value is -3.07. The van der Waals surface area contributed by atoms with Gasteiger partial charge in [-0.15, -0.1) is 0 Å². The molecular formula is C28H50N6O3. The summed E-state index contributed by atoms with van der Waals surface area (Å²) in [5.41, 5.74) is 3.93. The van der Waals surface area contributed by atoms with Crippen LogP contribution < -0.4 is 21.4 Å². The molecule has 3 unspecified atom stereocenters. The minimum Gasteiger partial charge on any atom is -0.364 e. The summed E-state index contributed by atoms with van der Waals surface area (Å²) < 4.78 is 0. The maximum absolute atomic E-state index is 12.0. The molecule has 1 aromatic rings. The molecule has 1 aliphatic heterocycles. The predicted octanol–water partition coefficient (Wildman–Crippen LogP) is 3.52. The molecule has 9 nitrogen and oxygen atoms in total. The lowest BCUT2D eigenvalue weighted by molar-refractivity contribution is -0.124. The minimum atomic E-state index is -0.471. The lowest BCUT2D eigenvalue weighted by Gasteiger charge is -2.21. The molecule has 1 amide bonds. The second-order valence-corrected chi connectivity index (χ2v) is 8.30. The quantitative estimate of drug-likeness (QED) is 0.144. The van der Waals surface area contributed by atoms with Crippen LogP contribution in [0.15, 0.2) is 23.3 Å². The molecule has 0 radical (unpaired) electrons. The number of hydrogen-bond acceptors (Lipinski definition) is 8. The van der Waals surface area contributed by atoms with Gasteiger partial charge in [0.1, 0.15) is 12.6 Å². The molecule has 2 rings (SSSR count). The first-order chi connectivity index (χ1) is 17.8. The van der Waals surface area contributed by atoms with Gasteiger partial charge in [-0.2, -0.15) is 5.10 Å². The van der Waals surface area contributed by atoms with E-state index in [0.29, 0.717) is 37.4 Å². The third kappa shape index (κ3) is 13.2. The van der Waals surface area contributed by atoms with Crippen LogP contribution in [0.2, 0.25) is 0 Å². The highest BCUT2D eigenvalue weighted by molar-refractivity contribution is 6.30. The number of hydrogen-bond donors (Lipinski definition) is 4. The first kappa shape index (κ1) is 36.1. The molecule has 0 aliphatic carbocycles. The smallest absolute Gasteiger partial charge is 0.220 e. The fraction of sp³-hybridized carbons (Fsp3) is 0.607. The number of aryl methyl sites for hydroxylation is 1. The van der Waals surface area contributed by atoms with Crippen molar-refractivity contribution >= 4 is 36.1 Å². The van der Waals surface area contributed by atoms with E-state index >= 15 is 0 Å². The zero-order valence-corrected chi connectivity index (χ0v) is 24.1. The number of amides is 1. The van der Waals surface area contributed by atoms with Crippen molar-refractivity contribution in [3.8, 4) is 0 Å². The van der Waals surface area contributed by atoms with E-state index in [1.165, 1.54) is 5.56 Å². The molecule has 9 heteroatoms. The van der Waals surface area contributed by atoms with E-state index in [1.807, 2.05) is 71.7 Å². The number of anilines is 1. The number of carbonyl (C=O) groups excluding carboxylic acids is 3. The molecule has 37 heavy (non-hydrogen) atoms. The van der Waals surface area contributed by atoms with Crippen LogP contribution in [0.5, 0.6) is 0 Å². The topological polar surface area (TPSA) is 141 Å². The molecule has 210 valence electrons. The molecule has 0 saturated carbocycles. The zero-order chi connectivity index (χ0) is 28.8. The molecule has 1 heterocycles. The molecule has 0 bridgehead atoms. The molecule has 3 atom stereocenters. The normalized spacial score (nSPS) is 15.2. The van der Waals surface area contributed by atoms with Gasteiger partial charge in [-0.05, 0) is 36.9 Å². The molecule has 1 aliphatic rings. The van der Waals surface area contributed by atoms with E-state index in [4.69, 9.17) is 11.3 Å². The Morgan fingerprint density at radius 3 is 2.38 bits per heavy atom. The van der Waals surface area contributed by atoms with Gasteiger partial charge in [-0.25, -0.2) is 0 Å². The summed E-state index contributed by atoms with van der Waals surface area (Å²) in [4.78, 5) is 36.6. The number of carbonyl (C=O) groups is 3. The number of benzene rings is 1. The number of rotatable bonds is 12. The Bertz CT molecular complexity index is 828. The van der Waals surface area contributed by atoms with E-state index in [-0.39, 0.29) is 11.9 Å². The number of fused-ring (bicyclic) bond motifs is 1. The molecular weight excluding hydrogens is 468 g/mol. The summed E-state index contributed by atoms with van der Waals surface area (Å²) in [7, 11) is 3.70. The molecule has 0 spiro atoms. The molecule has 5 N–H and O–H groups in total. The first-order valence-electron chi connectivity index (χ1n) is 13.3. The van der Waals surface area contributed by atoms with Gasteiger partial charge < -0.3 is 36.4 Å². The van der Waals surface area contributed by atoms with Gasteiger partial charge in [-0.1, -0.05) is 66.2 Å². The van der Waals surface area contributed by atoms with Crippen LogP contribution in [-0.4, -0.2) is 63.1 Å². The van der Waals surface area contributed by atoms with Crippen molar-refractivity contribution in [3.63, 3.8) is 0 Å². The van der Waals surface area contributed by atoms with Crippen LogP contribution >= 0.6 is 0 Å². The third-order valence-electron chi connectivity index (χ3n) is 5.80. The number of para-hydroxylation sites is 1. The van der Waals surface area contributed by atoms with E-state index in [9.17, 15) is 14.4 Å². The summed E-state index contributed by atoms with van der Waals surface area (Å²) in [6.45, 7) is 12.6. The number of nitrogens with zero attached hydrogens (tertiary/aromatic N) is 2. The van der Waals surface area contributed by atoms with Crippen molar-refractivity contribution in [2.75, 3.05) is 25.5 Å². The van der Waals surface area contributed by atoms with Crippen LogP contribution in [0.1, 0.15) is 71.9 Å². The lowest BCUT2D eigenvalue weighted by atomic mass is 10.00. The average molecular weight is 519 g/mol. The van der Waals surface area contributed by atoms with Crippen LogP contribution in [-0.2, 0) is 27.2 Å². The summed E-state index contributed by atoms with van der Waals surface area (Å²) in [5.74, 6) is 5.12. The van der Waals surface area contributed by atoms with Gasteiger partial charge in [0.25, 0.3) is 0 Å². The molecule has 0 aromatic heterocycles. The fourth-order valence-corrected chi connectivity index (χ4v) is 3.66. The second-order valence-electron chi connectivity index (χ2n) is 8.30. The number of nitrogens with two attached hydrogens (primary N) is 1. The highest BCUT2D eigenvalue weighted by Crippen LogP contribution is 2.34. The lowest BCUT2D eigenvalue weighted by Crippen LogP contribution is -2.37. The van der Waals surface area contributed by atoms with E-state index in [0.717, 1.165) is 42.9 Å². The molecule has 0 saturated heterocycles.